The molecule has 1 N–H and O–H groups in total. The fourth-order valence-electron chi connectivity index (χ4n) is 2.08. The van der Waals surface area contributed by atoms with E-state index in [1.165, 1.54) is 11.1 Å². The number of hydrogen-bond acceptors (Lipinski definition) is 2. The van der Waals surface area contributed by atoms with Gasteiger partial charge in [-0.15, -0.1) is 0 Å². The molecule has 0 fully saturated rings. The van der Waals surface area contributed by atoms with Gasteiger partial charge in [-0.3, -0.25) is 0 Å². The molecule has 0 saturated heterocycles. The Kier molecular flexibility index (Phi) is 6.27. The molecule has 0 aliphatic carbocycles. The monoisotopic (exact) mass is 347 g/mol. The maximum atomic E-state index is 5.88. The van der Waals surface area contributed by atoms with E-state index in [0.717, 1.165) is 23.3 Å². The fraction of sp³-hybridized carbons (Fsp3) is 0.333. The summed E-state index contributed by atoms with van der Waals surface area (Å²) < 4.78 is 6.92. The van der Waals surface area contributed by atoms with Gasteiger partial charge >= 0.3 is 0 Å². The largest absolute Gasteiger partial charge is 0.489 e. The van der Waals surface area contributed by atoms with Gasteiger partial charge in [0.15, 0.2) is 0 Å². The quantitative estimate of drug-likeness (QED) is 0.778. The SMILES string of the molecule is CC(C)CNCc1ccccc1COc1cccc(Br)c1. The van der Waals surface area contributed by atoms with Crippen LogP contribution in [0.4, 0.5) is 0 Å². The van der Waals surface area contributed by atoms with Gasteiger partial charge in [0.1, 0.15) is 12.4 Å². The van der Waals surface area contributed by atoms with Crippen molar-refractivity contribution in [3.8, 4) is 5.75 Å². The number of rotatable bonds is 7. The third kappa shape index (κ3) is 5.52. The van der Waals surface area contributed by atoms with Crippen LogP contribution in [0.25, 0.3) is 0 Å². The number of ether oxygens (including phenoxy) is 1. The Hall–Kier alpha value is -1.32. The van der Waals surface area contributed by atoms with E-state index in [2.05, 4.69) is 59.4 Å². The minimum Gasteiger partial charge on any atom is -0.489 e. The van der Waals surface area contributed by atoms with E-state index in [0.29, 0.717) is 12.5 Å². The molecule has 112 valence electrons. The van der Waals surface area contributed by atoms with Crippen molar-refractivity contribution in [2.75, 3.05) is 6.54 Å². The Labute approximate surface area is 135 Å². The second-order valence-corrected chi connectivity index (χ2v) is 6.46. The lowest BCUT2D eigenvalue weighted by Gasteiger charge is -2.13. The van der Waals surface area contributed by atoms with Gasteiger partial charge in [0.05, 0.1) is 0 Å². The predicted molar refractivity (Wildman–Crippen MR) is 91.5 cm³/mol. The van der Waals surface area contributed by atoms with Gasteiger partial charge in [-0.2, -0.15) is 0 Å². The van der Waals surface area contributed by atoms with Crippen molar-refractivity contribution >= 4 is 15.9 Å². The molecule has 0 heterocycles. The lowest BCUT2D eigenvalue weighted by molar-refractivity contribution is 0.304. The van der Waals surface area contributed by atoms with Crippen molar-refractivity contribution < 1.29 is 4.74 Å². The van der Waals surface area contributed by atoms with E-state index in [1.807, 2.05) is 24.3 Å². The second kappa shape index (κ2) is 8.20. The van der Waals surface area contributed by atoms with Crippen LogP contribution in [0.15, 0.2) is 53.0 Å². The molecule has 0 radical (unpaired) electrons. The summed E-state index contributed by atoms with van der Waals surface area (Å²) in [5.41, 5.74) is 2.53. The van der Waals surface area contributed by atoms with Gasteiger partial charge in [0.25, 0.3) is 0 Å². The van der Waals surface area contributed by atoms with Crippen LogP contribution in [0, 0.1) is 5.92 Å². The molecule has 0 bridgehead atoms. The highest BCUT2D eigenvalue weighted by Gasteiger charge is 2.03. The van der Waals surface area contributed by atoms with Gasteiger partial charge in [-0.25, -0.2) is 0 Å². The van der Waals surface area contributed by atoms with E-state index >= 15 is 0 Å². The Morgan fingerprint density at radius 1 is 1.05 bits per heavy atom. The lowest BCUT2D eigenvalue weighted by Crippen LogP contribution is -2.20. The van der Waals surface area contributed by atoms with Gasteiger partial charge in [-0.1, -0.05) is 60.1 Å². The molecule has 21 heavy (non-hydrogen) atoms. The minimum absolute atomic E-state index is 0.593. The number of benzene rings is 2. The summed E-state index contributed by atoms with van der Waals surface area (Å²) in [4.78, 5) is 0. The third-order valence-electron chi connectivity index (χ3n) is 3.18. The predicted octanol–water partition coefficient (Wildman–Crippen LogP) is 4.77. The first-order chi connectivity index (χ1) is 10.1. The molecule has 0 atom stereocenters. The normalized spacial score (nSPS) is 10.9. The summed E-state index contributed by atoms with van der Waals surface area (Å²) in [6, 6.07) is 16.4. The highest BCUT2D eigenvalue weighted by Crippen LogP contribution is 2.19. The summed E-state index contributed by atoms with van der Waals surface area (Å²) in [5.74, 6) is 1.55. The van der Waals surface area contributed by atoms with E-state index in [1.54, 1.807) is 0 Å². The Balaban J connectivity index is 1.96. The van der Waals surface area contributed by atoms with E-state index in [9.17, 15) is 0 Å². The molecule has 2 aromatic carbocycles. The molecule has 0 unspecified atom stereocenters. The number of nitrogens with one attached hydrogen (secondary N) is 1. The van der Waals surface area contributed by atoms with E-state index in [-0.39, 0.29) is 0 Å². The smallest absolute Gasteiger partial charge is 0.120 e. The highest BCUT2D eigenvalue weighted by atomic mass is 79.9. The van der Waals surface area contributed by atoms with Crippen LogP contribution in [0.5, 0.6) is 5.75 Å². The Bertz CT molecular complexity index is 569. The van der Waals surface area contributed by atoms with Gasteiger partial charge in [0, 0.05) is 11.0 Å². The Morgan fingerprint density at radius 3 is 2.52 bits per heavy atom. The average Bonchev–Trinajstić information content (AvgIpc) is 2.46. The number of hydrogen-bond donors (Lipinski definition) is 1. The van der Waals surface area contributed by atoms with Crippen LogP contribution >= 0.6 is 15.9 Å². The van der Waals surface area contributed by atoms with Crippen LogP contribution < -0.4 is 10.1 Å². The molecule has 0 aromatic heterocycles. The van der Waals surface area contributed by atoms with Crippen molar-refractivity contribution in [2.24, 2.45) is 5.92 Å². The van der Waals surface area contributed by atoms with E-state index in [4.69, 9.17) is 4.74 Å². The summed E-state index contributed by atoms with van der Waals surface area (Å²) in [6.45, 7) is 6.94. The van der Waals surface area contributed by atoms with Gasteiger partial charge < -0.3 is 10.1 Å². The molecular formula is C18H22BrNO. The summed E-state index contributed by atoms with van der Waals surface area (Å²) in [6.07, 6.45) is 0. The second-order valence-electron chi connectivity index (χ2n) is 5.54. The van der Waals surface area contributed by atoms with Gasteiger partial charge in [-0.05, 0) is 41.8 Å². The molecule has 0 spiro atoms. The summed E-state index contributed by atoms with van der Waals surface area (Å²) in [7, 11) is 0. The van der Waals surface area contributed by atoms with E-state index < -0.39 is 0 Å². The lowest BCUT2D eigenvalue weighted by atomic mass is 10.1. The van der Waals surface area contributed by atoms with Gasteiger partial charge in [0.2, 0.25) is 0 Å². The molecule has 0 amide bonds. The van der Waals surface area contributed by atoms with Crippen LogP contribution in [0.1, 0.15) is 25.0 Å². The van der Waals surface area contributed by atoms with Crippen LogP contribution in [0.2, 0.25) is 0 Å². The van der Waals surface area contributed by atoms with Crippen LogP contribution in [-0.2, 0) is 13.2 Å². The molecule has 2 aromatic rings. The zero-order valence-electron chi connectivity index (χ0n) is 12.6. The molecule has 2 nitrogen and oxygen atoms in total. The molecular weight excluding hydrogens is 326 g/mol. The molecule has 0 saturated carbocycles. The van der Waals surface area contributed by atoms with Crippen LogP contribution in [-0.4, -0.2) is 6.54 Å². The standard InChI is InChI=1S/C18H22BrNO/c1-14(2)11-20-12-15-6-3-4-7-16(15)13-21-18-9-5-8-17(19)10-18/h3-10,14,20H,11-13H2,1-2H3. The zero-order valence-corrected chi connectivity index (χ0v) is 14.2. The average molecular weight is 348 g/mol. The molecule has 0 aliphatic rings. The minimum atomic E-state index is 0.593. The first kappa shape index (κ1) is 16.1. The number of halogens is 1. The Morgan fingerprint density at radius 2 is 1.81 bits per heavy atom. The van der Waals surface area contributed by atoms with Crippen molar-refractivity contribution in [1.29, 1.82) is 0 Å². The third-order valence-corrected chi connectivity index (χ3v) is 3.67. The van der Waals surface area contributed by atoms with Crippen molar-refractivity contribution in [3.63, 3.8) is 0 Å². The fourth-order valence-corrected chi connectivity index (χ4v) is 2.46. The zero-order chi connectivity index (χ0) is 15.1. The van der Waals surface area contributed by atoms with Crippen LogP contribution in [0.3, 0.4) is 0 Å². The first-order valence-electron chi connectivity index (χ1n) is 7.31. The van der Waals surface area contributed by atoms with Crippen molar-refractivity contribution in [2.45, 2.75) is 27.0 Å². The molecule has 0 aliphatic heterocycles. The molecule has 3 heteroatoms. The molecule has 2 rings (SSSR count). The maximum Gasteiger partial charge on any atom is 0.120 e. The van der Waals surface area contributed by atoms with Crippen molar-refractivity contribution in [1.82, 2.24) is 5.32 Å². The van der Waals surface area contributed by atoms with Crippen molar-refractivity contribution in [3.05, 3.63) is 64.1 Å². The highest BCUT2D eigenvalue weighted by molar-refractivity contribution is 9.10. The summed E-state index contributed by atoms with van der Waals surface area (Å²) >= 11 is 3.46. The maximum absolute atomic E-state index is 5.88. The first-order valence-corrected chi connectivity index (χ1v) is 8.10. The topological polar surface area (TPSA) is 21.3 Å². The summed E-state index contributed by atoms with van der Waals surface area (Å²) in [5, 5.41) is 3.49.